The summed E-state index contributed by atoms with van der Waals surface area (Å²) in [6, 6.07) is 7.89. The first-order valence-electron chi connectivity index (χ1n) is 12.2. The number of urea groups is 1. The van der Waals surface area contributed by atoms with Crippen LogP contribution >= 0.6 is 0 Å². The molecule has 1 aliphatic carbocycles. The van der Waals surface area contributed by atoms with Crippen molar-refractivity contribution in [2.24, 2.45) is 17.2 Å². The third-order valence-corrected chi connectivity index (χ3v) is 6.83. The Hall–Kier alpha value is -3.40. The molecule has 0 spiro atoms. The van der Waals surface area contributed by atoms with Gasteiger partial charge in [-0.25, -0.2) is 14.8 Å². The summed E-state index contributed by atoms with van der Waals surface area (Å²) in [5.74, 6) is 0.597. The quantitative estimate of drug-likeness (QED) is 0.493. The molecule has 10 nitrogen and oxygen atoms in total. The molecular weight excluding hydrogens is 444 g/mol. The van der Waals surface area contributed by atoms with Gasteiger partial charge in [0.15, 0.2) is 11.5 Å². The molecule has 0 atom stereocenters. The fraction of sp³-hybridized carbons (Fsp3) is 0.520. The second-order valence-corrected chi connectivity index (χ2v) is 9.46. The van der Waals surface area contributed by atoms with Crippen LogP contribution in [0.15, 0.2) is 30.5 Å². The number of carbonyl (C=O) groups excluding carboxylic acids is 2. The minimum Gasteiger partial charge on any atom is -0.364 e. The van der Waals surface area contributed by atoms with Crippen LogP contribution in [-0.4, -0.2) is 60.5 Å². The van der Waals surface area contributed by atoms with Crippen LogP contribution in [0.25, 0.3) is 0 Å². The summed E-state index contributed by atoms with van der Waals surface area (Å²) in [5.41, 5.74) is 18.8. The van der Waals surface area contributed by atoms with Crippen LogP contribution in [0.1, 0.15) is 61.0 Å². The number of piperidine rings is 1. The first-order chi connectivity index (χ1) is 16.8. The molecule has 10 heteroatoms. The number of benzene rings is 1. The highest BCUT2D eigenvalue weighted by Crippen LogP contribution is 2.40. The van der Waals surface area contributed by atoms with Gasteiger partial charge in [0.2, 0.25) is 0 Å². The molecule has 190 valence electrons. The molecule has 1 aromatic carbocycles. The van der Waals surface area contributed by atoms with Gasteiger partial charge in [0.05, 0.1) is 6.20 Å². The highest BCUT2D eigenvalue weighted by molar-refractivity contribution is 5.96. The zero-order chi connectivity index (χ0) is 25.4. The molecule has 35 heavy (non-hydrogen) atoms. The second kappa shape index (κ2) is 11.8. The van der Waals surface area contributed by atoms with Crippen LogP contribution in [0, 0.1) is 0 Å². The molecule has 1 aromatic heterocycles. The van der Waals surface area contributed by atoms with E-state index in [9.17, 15) is 9.59 Å². The molecule has 0 unspecified atom stereocenters. The third-order valence-electron chi connectivity index (χ3n) is 6.83. The Labute approximate surface area is 207 Å². The van der Waals surface area contributed by atoms with E-state index >= 15 is 0 Å². The lowest BCUT2D eigenvalue weighted by Crippen LogP contribution is -2.31. The molecule has 1 saturated heterocycles. The summed E-state index contributed by atoms with van der Waals surface area (Å²) in [5, 5.41) is 3.25. The van der Waals surface area contributed by atoms with Crippen molar-refractivity contribution < 1.29 is 9.59 Å². The third kappa shape index (κ3) is 6.60. The molecule has 2 heterocycles. The summed E-state index contributed by atoms with van der Waals surface area (Å²) in [4.78, 5) is 34.2. The summed E-state index contributed by atoms with van der Waals surface area (Å²) >= 11 is 0. The zero-order valence-electron chi connectivity index (χ0n) is 20.8. The Bertz CT molecular complexity index is 997. The van der Waals surface area contributed by atoms with Crippen molar-refractivity contribution in [2.45, 2.75) is 50.4 Å². The van der Waals surface area contributed by atoms with Gasteiger partial charge in [-0.15, -0.1) is 0 Å². The molecule has 0 radical (unpaired) electrons. The SMILES string of the molecule is CN(C)C(N)=O.NCC1(c2ccc(Nc3nc(N4CCCCC4)cnc3C(N)=O)cc2)CCCC1. The van der Waals surface area contributed by atoms with Crippen LogP contribution in [0.4, 0.5) is 22.1 Å². The highest BCUT2D eigenvalue weighted by atomic mass is 16.2. The van der Waals surface area contributed by atoms with E-state index in [0.717, 1.165) is 50.3 Å². The number of primary amides is 2. The van der Waals surface area contributed by atoms with Crippen molar-refractivity contribution in [3.8, 4) is 0 Å². The monoisotopic (exact) mass is 482 g/mol. The summed E-state index contributed by atoms with van der Waals surface area (Å²) in [7, 11) is 3.20. The number of hydrogen-bond acceptors (Lipinski definition) is 7. The number of nitrogens with two attached hydrogens (primary N) is 3. The maximum Gasteiger partial charge on any atom is 0.314 e. The van der Waals surface area contributed by atoms with Crippen molar-refractivity contribution in [2.75, 3.05) is 43.9 Å². The number of nitrogens with one attached hydrogen (secondary N) is 1. The van der Waals surface area contributed by atoms with Gasteiger partial charge in [0, 0.05) is 44.8 Å². The van der Waals surface area contributed by atoms with Gasteiger partial charge in [-0.2, -0.15) is 0 Å². The van der Waals surface area contributed by atoms with Crippen LogP contribution in [-0.2, 0) is 5.41 Å². The molecule has 2 fully saturated rings. The largest absolute Gasteiger partial charge is 0.364 e. The topological polar surface area (TPSA) is 156 Å². The molecule has 1 aliphatic heterocycles. The summed E-state index contributed by atoms with van der Waals surface area (Å²) in [6.45, 7) is 2.59. The van der Waals surface area contributed by atoms with Gasteiger partial charge >= 0.3 is 6.03 Å². The van der Waals surface area contributed by atoms with Crippen molar-refractivity contribution in [1.29, 1.82) is 0 Å². The van der Waals surface area contributed by atoms with Crippen LogP contribution in [0.5, 0.6) is 0 Å². The van der Waals surface area contributed by atoms with Crippen molar-refractivity contribution >= 4 is 29.3 Å². The van der Waals surface area contributed by atoms with E-state index in [1.165, 1.54) is 29.7 Å². The molecule has 4 rings (SSSR count). The standard InChI is InChI=1S/C22H30N6O.C3H8N2O/c23-15-22(10-2-3-11-22)16-6-8-17(9-7-16)26-21-19(20(24)29)25-14-18(27-21)28-12-4-1-5-13-28;1-5(2)3(4)6/h6-9,14H,1-5,10-13,15,23H2,(H2,24,29)(H,26,27);1-2H3,(H2,4,6). The van der Waals surface area contributed by atoms with Gasteiger partial charge in [0.1, 0.15) is 5.82 Å². The lowest BCUT2D eigenvalue weighted by atomic mass is 9.79. The highest BCUT2D eigenvalue weighted by Gasteiger charge is 2.34. The number of nitrogens with zero attached hydrogens (tertiary/aromatic N) is 4. The Morgan fingerprint density at radius 1 is 1.03 bits per heavy atom. The average molecular weight is 483 g/mol. The lowest BCUT2D eigenvalue weighted by Gasteiger charge is -2.28. The van der Waals surface area contributed by atoms with Gasteiger partial charge in [0.25, 0.3) is 5.91 Å². The number of hydrogen-bond donors (Lipinski definition) is 4. The van der Waals surface area contributed by atoms with E-state index in [1.807, 2.05) is 12.1 Å². The van der Waals surface area contributed by atoms with Crippen molar-refractivity contribution in [1.82, 2.24) is 14.9 Å². The van der Waals surface area contributed by atoms with Crippen molar-refractivity contribution in [3.63, 3.8) is 0 Å². The molecular formula is C25H38N8O2. The molecule has 2 aliphatic rings. The molecule has 7 N–H and O–H groups in total. The zero-order valence-corrected chi connectivity index (χ0v) is 20.8. The first kappa shape index (κ1) is 26.2. The van der Waals surface area contributed by atoms with E-state index in [4.69, 9.17) is 17.2 Å². The van der Waals surface area contributed by atoms with Crippen LogP contribution < -0.4 is 27.4 Å². The Balaban J connectivity index is 0.000000509. The van der Waals surface area contributed by atoms with E-state index in [-0.39, 0.29) is 11.1 Å². The molecule has 3 amide bonds. The van der Waals surface area contributed by atoms with E-state index in [0.29, 0.717) is 12.4 Å². The van der Waals surface area contributed by atoms with Crippen LogP contribution in [0.2, 0.25) is 0 Å². The van der Waals surface area contributed by atoms with E-state index in [1.54, 1.807) is 20.3 Å². The van der Waals surface area contributed by atoms with Gasteiger partial charge in [-0.3, -0.25) is 4.79 Å². The number of aromatic nitrogens is 2. The maximum atomic E-state index is 11.9. The summed E-state index contributed by atoms with van der Waals surface area (Å²) < 4.78 is 0. The molecule has 0 bridgehead atoms. The maximum absolute atomic E-state index is 11.9. The fourth-order valence-corrected chi connectivity index (χ4v) is 4.63. The smallest absolute Gasteiger partial charge is 0.314 e. The van der Waals surface area contributed by atoms with Gasteiger partial charge < -0.3 is 32.3 Å². The molecule has 1 saturated carbocycles. The number of rotatable bonds is 6. The molecule has 2 aromatic rings. The Morgan fingerprint density at radius 3 is 2.14 bits per heavy atom. The fourth-order valence-electron chi connectivity index (χ4n) is 4.63. The predicted molar refractivity (Wildman–Crippen MR) is 139 cm³/mol. The lowest BCUT2D eigenvalue weighted by molar-refractivity contribution is 0.0996. The average Bonchev–Trinajstić information content (AvgIpc) is 3.36. The predicted octanol–water partition coefficient (Wildman–Crippen LogP) is 2.71. The number of amides is 3. The van der Waals surface area contributed by atoms with E-state index < -0.39 is 11.9 Å². The minimum absolute atomic E-state index is 0.102. The first-order valence-corrected chi connectivity index (χ1v) is 12.2. The number of carbonyl (C=O) groups is 2. The van der Waals surface area contributed by atoms with Crippen LogP contribution in [0.3, 0.4) is 0 Å². The minimum atomic E-state index is -0.588. The van der Waals surface area contributed by atoms with E-state index in [2.05, 4.69) is 32.3 Å². The Morgan fingerprint density at radius 2 is 1.63 bits per heavy atom. The Kier molecular flexibility index (Phi) is 8.86. The normalized spacial score (nSPS) is 16.7. The second-order valence-electron chi connectivity index (χ2n) is 9.46. The summed E-state index contributed by atoms with van der Waals surface area (Å²) in [6.07, 6.45) is 9.93. The van der Waals surface area contributed by atoms with Gasteiger partial charge in [-0.05, 0) is 49.8 Å². The van der Waals surface area contributed by atoms with Crippen molar-refractivity contribution in [3.05, 3.63) is 41.7 Å². The van der Waals surface area contributed by atoms with Gasteiger partial charge in [-0.1, -0.05) is 25.0 Å². The number of anilines is 3.